The van der Waals surface area contributed by atoms with Gasteiger partial charge < -0.3 is 9.73 Å². The molecule has 31 heavy (non-hydrogen) atoms. The van der Waals surface area contributed by atoms with Gasteiger partial charge in [0.2, 0.25) is 5.91 Å². The maximum atomic E-state index is 12.7. The van der Waals surface area contributed by atoms with E-state index in [1.165, 1.54) is 29.5 Å². The molecule has 2 aromatic carbocycles. The summed E-state index contributed by atoms with van der Waals surface area (Å²) in [5, 5.41) is 5.73. The average molecular weight is 444 g/mol. The third kappa shape index (κ3) is 4.66. The molecule has 1 N–H and O–H groups in total. The van der Waals surface area contributed by atoms with Crippen molar-refractivity contribution in [1.29, 1.82) is 0 Å². The van der Waals surface area contributed by atoms with Crippen LogP contribution in [0.2, 0.25) is 0 Å². The molecule has 4 aromatic rings. The predicted molar refractivity (Wildman–Crippen MR) is 112 cm³/mol. The van der Waals surface area contributed by atoms with Gasteiger partial charge in [0, 0.05) is 34.1 Å². The van der Waals surface area contributed by atoms with Crippen LogP contribution in [-0.2, 0) is 17.4 Å². The molecule has 0 unspecified atom stereocenters. The summed E-state index contributed by atoms with van der Waals surface area (Å²) in [5.74, 6) is -0.321. The molecule has 4 rings (SSSR count). The van der Waals surface area contributed by atoms with Crippen LogP contribution in [0.25, 0.3) is 21.5 Å². The normalized spacial score (nSPS) is 11.6. The molecule has 0 bridgehead atoms. The molecule has 158 valence electrons. The maximum Gasteiger partial charge on any atom is 0.416 e. The number of nitrogens with zero attached hydrogens (tertiary/aromatic N) is 1. The number of carbonyl (C=O) groups is 1. The summed E-state index contributed by atoms with van der Waals surface area (Å²) in [6.07, 6.45) is -4.40. The molecule has 5 nitrogen and oxygen atoms in total. The molecule has 0 saturated heterocycles. The van der Waals surface area contributed by atoms with E-state index >= 15 is 0 Å². The van der Waals surface area contributed by atoms with Crippen LogP contribution in [-0.4, -0.2) is 10.9 Å². The monoisotopic (exact) mass is 444 g/mol. The summed E-state index contributed by atoms with van der Waals surface area (Å²) >= 11 is 1.25. The fourth-order valence-electron chi connectivity index (χ4n) is 3.09. The van der Waals surface area contributed by atoms with Crippen molar-refractivity contribution in [3.63, 3.8) is 0 Å². The number of nitrogens with one attached hydrogen (secondary N) is 1. The van der Waals surface area contributed by atoms with Crippen molar-refractivity contribution >= 4 is 33.9 Å². The van der Waals surface area contributed by atoms with Crippen LogP contribution in [0.4, 0.5) is 18.9 Å². The number of aryl methyl sites for hydroxylation is 1. The zero-order chi connectivity index (χ0) is 22.2. The Morgan fingerprint density at radius 3 is 2.58 bits per heavy atom. The Bertz CT molecular complexity index is 1320. The van der Waals surface area contributed by atoms with Crippen LogP contribution in [0.1, 0.15) is 16.8 Å². The Labute approximate surface area is 178 Å². The van der Waals surface area contributed by atoms with Crippen molar-refractivity contribution in [2.75, 3.05) is 5.32 Å². The summed E-state index contributed by atoms with van der Waals surface area (Å²) in [6, 6.07) is 11.2. The molecule has 0 radical (unpaired) electrons. The van der Waals surface area contributed by atoms with Crippen LogP contribution in [0.15, 0.2) is 63.1 Å². The van der Waals surface area contributed by atoms with Gasteiger partial charge in [-0.2, -0.15) is 13.2 Å². The summed E-state index contributed by atoms with van der Waals surface area (Å²) in [4.78, 5) is 28.3. The van der Waals surface area contributed by atoms with Gasteiger partial charge >= 0.3 is 11.8 Å². The van der Waals surface area contributed by atoms with E-state index < -0.39 is 17.4 Å². The molecule has 9 heteroatoms. The van der Waals surface area contributed by atoms with E-state index in [0.717, 1.165) is 23.1 Å². The highest BCUT2D eigenvalue weighted by atomic mass is 32.1. The molecule has 0 spiro atoms. The lowest BCUT2D eigenvalue weighted by atomic mass is 10.1. The number of anilines is 1. The second-order valence-electron chi connectivity index (χ2n) is 6.90. The number of aromatic nitrogens is 1. The minimum Gasteiger partial charge on any atom is -0.423 e. The van der Waals surface area contributed by atoms with E-state index in [-0.39, 0.29) is 12.3 Å². The standard InChI is InChI=1S/C22H15F3N2O3S/c1-12-8-20(29)30-18-9-15(6-7-17(12)18)26-19(28)10-16-11-31-21(27-16)13-2-4-14(5-3-13)22(23,24)25/h2-9,11H,10H2,1H3,(H,26,28). The molecule has 0 aliphatic heterocycles. The van der Waals surface area contributed by atoms with Gasteiger partial charge in [-0.05, 0) is 36.8 Å². The van der Waals surface area contributed by atoms with Crippen molar-refractivity contribution < 1.29 is 22.4 Å². The Balaban J connectivity index is 1.46. The number of halogens is 3. The molecule has 2 aromatic heterocycles. The Kier molecular flexibility index (Phi) is 5.36. The Hall–Kier alpha value is -3.46. The topological polar surface area (TPSA) is 72.2 Å². The van der Waals surface area contributed by atoms with Crippen molar-refractivity contribution in [3.05, 3.63) is 81.2 Å². The molecule has 0 fully saturated rings. The third-order valence-corrected chi connectivity index (χ3v) is 5.53. The second kappa shape index (κ2) is 7.99. The second-order valence-corrected chi connectivity index (χ2v) is 7.76. The zero-order valence-corrected chi connectivity index (χ0v) is 16.9. The SMILES string of the molecule is Cc1cc(=O)oc2cc(NC(=O)Cc3csc(-c4ccc(C(F)(F)F)cc4)n3)ccc12. The van der Waals surface area contributed by atoms with Crippen molar-refractivity contribution in [2.24, 2.45) is 0 Å². The smallest absolute Gasteiger partial charge is 0.416 e. The first-order valence-electron chi connectivity index (χ1n) is 9.15. The fraction of sp³-hybridized carbons (Fsp3) is 0.136. The highest BCUT2D eigenvalue weighted by Crippen LogP contribution is 2.32. The number of hydrogen-bond acceptors (Lipinski definition) is 5. The molecule has 0 atom stereocenters. The lowest BCUT2D eigenvalue weighted by Crippen LogP contribution is -2.14. The van der Waals surface area contributed by atoms with Crippen LogP contribution < -0.4 is 10.9 Å². The largest absolute Gasteiger partial charge is 0.423 e. The van der Waals surface area contributed by atoms with E-state index in [1.54, 1.807) is 30.5 Å². The van der Waals surface area contributed by atoms with Gasteiger partial charge in [-0.25, -0.2) is 9.78 Å². The number of hydrogen-bond donors (Lipinski definition) is 1. The van der Waals surface area contributed by atoms with Gasteiger partial charge in [0.1, 0.15) is 10.6 Å². The number of rotatable bonds is 4. The average Bonchev–Trinajstić information content (AvgIpc) is 3.15. The highest BCUT2D eigenvalue weighted by Gasteiger charge is 2.30. The van der Waals surface area contributed by atoms with Gasteiger partial charge in [-0.1, -0.05) is 12.1 Å². The van der Waals surface area contributed by atoms with E-state index in [9.17, 15) is 22.8 Å². The van der Waals surface area contributed by atoms with E-state index in [2.05, 4.69) is 10.3 Å². The van der Waals surface area contributed by atoms with E-state index in [1.807, 2.05) is 0 Å². The predicted octanol–water partition coefficient (Wildman–Crippen LogP) is 5.42. The van der Waals surface area contributed by atoms with Crippen molar-refractivity contribution in [3.8, 4) is 10.6 Å². The first-order valence-corrected chi connectivity index (χ1v) is 10.0. The van der Waals surface area contributed by atoms with Gasteiger partial charge in [0.25, 0.3) is 0 Å². The number of thiazole rings is 1. The van der Waals surface area contributed by atoms with E-state index in [4.69, 9.17) is 4.42 Å². The zero-order valence-electron chi connectivity index (χ0n) is 16.1. The third-order valence-electron chi connectivity index (χ3n) is 4.59. The highest BCUT2D eigenvalue weighted by molar-refractivity contribution is 7.13. The quantitative estimate of drug-likeness (QED) is 0.427. The molecule has 0 saturated carbocycles. The first kappa shape index (κ1) is 20.8. The van der Waals surface area contributed by atoms with Gasteiger partial charge in [-0.15, -0.1) is 11.3 Å². The molecule has 2 heterocycles. The summed E-state index contributed by atoms with van der Waals surface area (Å²) in [5.41, 5.74) is 1.48. The van der Waals surface area contributed by atoms with Crippen LogP contribution in [0, 0.1) is 6.92 Å². The number of alkyl halides is 3. The molecule has 1 amide bonds. The minimum atomic E-state index is -4.39. The molecule has 0 aliphatic carbocycles. The minimum absolute atomic E-state index is 0.00701. The lowest BCUT2D eigenvalue weighted by Gasteiger charge is -2.07. The number of benzene rings is 2. The Morgan fingerprint density at radius 1 is 1.13 bits per heavy atom. The molecular weight excluding hydrogens is 429 g/mol. The number of fused-ring (bicyclic) bond motifs is 1. The van der Waals surface area contributed by atoms with Gasteiger partial charge in [0.05, 0.1) is 17.7 Å². The van der Waals surface area contributed by atoms with Gasteiger partial charge in [0.15, 0.2) is 0 Å². The summed E-state index contributed by atoms with van der Waals surface area (Å²) in [6.45, 7) is 1.80. The fourth-order valence-corrected chi connectivity index (χ4v) is 3.92. The number of amides is 1. The molecular formula is C22H15F3N2O3S. The van der Waals surface area contributed by atoms with Crippen molar-refractivity contribution in [2.45, 2.75) is 19.5 Å². The molecule has 0 aliphatic rings. The van der Waals surface area contributed by atoms with Crippen LogP contribution in [0.3, 0.4) is 0 Å². The first-order chi connectivity index (χ1) is 14.7. The Morgan fingerprint density at radius 2 is 1.87 bits per heavy atom. The van der Waals surface area contributed by atoms with Crippen LogP contribution in [0.5, 0.6) is 0 Å². The summed E-state index contributed by atoms with van der Waals surface area (Å²) < 4.78 is 43.3. The van der Waals surface area contributed by atoms with Crippen molar-refractivity contribution in [1.82, 2.24) is 4.98 Å². The van der Waals surface area contributed by atoms with E-state index in [0.29, 0.717) is 27.5 Å². The van der Waals surface area contributed by atoms with Crippen LogP contribution >= 0.6 is 11.3 Å². The number of carbonyl (C=O) groups excluding carboxylic acids is 1. The summed E-state index contributed by atoms with van der Waals surface area (Å²) in [7, 11) is 0. The lowest BCUT2D eigenvalue weighted by molar-refractivity contribution is -0.137. The van der Waals surface area contributed by atoms with Gasteiger partial charge in [-0.3, -0.25) is 4.79 Å². The maximum absolute atomic E-state index is 12.7.